The van der Waals surface area contributed by atoms with Crippen LogP contribution in [-0.4, -0.2) is 14.9 Å². The molecule has 0 N–H and O–H groups in total. The summed E-state index contributed by atoms with van der Waals surface area (Å²) in [6.07, 6.45) is 1.23. The Morgan fingerprint density at radius 1 is 1.44 bits per heavy atom. The van der Waals surface area contributed by atoms with Gasteiger partial charge < -0.3 is 0 Å². The first-order chi connectivity index (χ1) is 7.72. The summed E-state index contributed by atoms with van der Waals surface area (Å²) in [4.78, 5) is 20.3. The molecule has 0 aliphatic carbocycles. The van der Waals surface area contributed by atoms with E-state index in [1.807, 2.05) is 0 Å². The molecule has 0 bridgehead atoms. The van der Waals surface area contributed by atoms with Crippen LogP contribution in [0.15, 0.2) is 29.6 Å². The van der Waals surface area contributed by atoms with E-state index in [4.69, 9.17) is 5.53 Å². The first kappa shape index (κ1) is 9.81. The minimum atomic E-state index is -0.535. The lowest BCUT2D eigenvalue weighted by molar-refractivity contribution is -0.384. The quantitative estimate of drug-likeness (QED) is 0.252. The molecular formula is C8H4N6O2. The van der Waals surface area contributed by atoms with Crippen molar-refractivity contribution in [2.45, 2.75) is 0 Å². The van der Waals surface area contributed by atoms with Gasteiger partial charge >= 0.3 is 0 Å². The van der Waals surface area contributed by atoms with E-state index in [1.165, 1.54) is 24.5 Å². The number of azide groups is 1. The van der Waals surface area contributed by atoms with Crippen molar-refractivity contribution in [3.8, 4) is 0 Å². The third-order valence-corrected chi connectivity index (χ3v) is 1.95. The molecule has 1 heterocycles. The molecule has 8 heteroatoms. The Kier molecular flexibility index (Phi) is 2.33. The Hall–Kier alpha value is -2.73. The van der Waals surface area contributed by atoms with Crippen LogP contribution in [0.1, 0.15) is 0 Å². The number of hydrogen-bond acceptors (Lipinski definition) is 5. The van der Waals surface area contributed by atoms with Crippen molar-refractivity contribution >= 4 is 22.4 Å². The second kappa shape index (κ2) is 3.79. The molecule has 2 aromatic rings. The Labute approximate surface area is 88.3 Å². The predicted molar refractivity (Wildman–Crippen MR) is 55.0 cm³/mol. The summed E-state index contributed by atoms with van der Waals surface area (Å²) in [6, 6.07) is 4.08. The molecule has 0 fully saturated rings. The lowest BCUT2D eigenvalue weighted by Gasteiger charge is -1.98. The number of non-ortho nitro benzene ring substituents is 1. The number of fused-ring (bicyclic) bond motifs is 1. The molecule has 0 radical (unpaired) electrons. The van der Waals surface area contributed by atoms with Crippen LogP contribution in [0.4, 0.5) is 11.5 Å². The molecule has 1 aromatic heterocycles. The second-order valence-electron chi connectivity index (χ2n) is 2.85. The zero-order valence-corrected chi connectivity index (χ0v) is 7.81. The third kappa shape index (κ3) is 1.60. The number of nitrogens with zero attached hydrogens (tertiary/aromatic N) is 6. The largest absolute Gasteiger partial charge is 0.270 e. The molecule has 0 aliphatic heterocycles. The van der Waals surface area contributed by atoms with Gasteiger partial charge in [-0.25, -0.2) is 9.97 Å². The lowest BCUT2D eigenvalue weighted by atomic mass is 10.2. The van der Waals surface area contributed by atoms with Gasteiger partial charge in [-0.1, -0.05) is 0 Å². The average Bonchev–Trinajstić information content (AvgIpc) is 2.29. The Bertz CT molecular complexity index is 619. The summed E-state index contributed by atoms with van der Waals surface area (Å²) in [6.45, 7) is 0. The maximum Gasteiger partial charge on any atom is 0.270 e. The van der Waals surface area contributed by atoms with E-state index in [0.29, 0.717) is 10.9 Å². The molecule has 0 spiro atoms. The van der Waals surface area contributed by atoms with Gasteiger partial charge in [-0.15, -0.1) is 0 Å². The minimum Gasteiger partial charge on any atom is -0.258 e. The normalized spacial score (nSPS) is 9.75. The highest BCUT2D eigenvalue weighted by molar-refractivity contribution is 5.89. The Morgan fingerprint density at radius 3 is 2.94 bits per heavy atom. The summed E-state index contributed by atoms with van der Waals surface area (Å²) in [7, 11) is 0. The topological polar surface area (TPSA) is 118 Å². The van der Waals surface area contributed by atoms with Gasteiger partial charge in [0.15, 0.2) is 0 Å². The Morgan fingerprint density at radius 2 is 2.25 bits per heavy atom. The van der Waals surface area contributed by atoms with E-state index in [0.717, 1.165) is 0 Å². The maximum absolute atomic E-state index is 10.6. The molecule has 16 heavy (non-hydrogen) atoms. The van der Waals surface area contributed by atoms with E-state index in [-0.39, 0.29) is 11.5 Å². The highest BCUT2D eigenvalue weighted by atomic mass is 16.6. The molecule has 78 valence electrons. The van der Waals surface area contributed by atoms with Crippen LogP contribution in [-0.2, 0) is 0 Å². The summed E-state index contributed by atoms with van der Waals surface area (Å²) in [5.74, 6) is 0.0798. The number of benzene rings is 1. The number of rotatable bonds is 2. The van der Waals surface area contributed by atoms with Gasteiger partial charge in [-0.2, -0.15) is 0 Å². The minimum absolute atomic E-state index is 0.0798. The molecule has 1 aromatic carbocycles. The van der Waals surface area contributed by atoms with E-state index in [1.54, 1.807) is 0 Å². The van der Waals surface area contributed by atoms with Crippen molar-refractivity contribution in [1.82, 2.24) is 9.97 Å². The predicted octanol–water partition coefficient (Wildman–Crippen LogP) is 2.48. The second-order valence-corrected chi connectivity index (χ2v) is 2.85. The van der Waals surface area contributed by atoms with Gasteiger partial charge in [0, 0.05) is 22.4 Å². The summed E-state index contributed by atoms with van der Waals surface area (Å²) in [5.41, 5.74) is 8.71. The SMILES string of the molecule is [N-]=[N+]=Nc1ncnc2ccc([N+](=O)[O-])cc12. The van der Waals surface area contributed by atoms with Crippen LogP contribution >= 0.6 is 0 Å². The summed E-state index contributed by atoms with van der Waals surface area (Å²) in [5, 5.41) is 14.3. The maximum atomic E-state index is 10.6. The number of nitro benzene ring substituents is 1. The Balaban J connectivity index is 2.77. The van der Waals surface area contributed by atoms with Crippen LogP contribution in [0.25, 0.3) is 21.3 Å². The van der Waals surface area contributed by atoms with Gasteiger partial charge in [0.05, 0.1) is 10.4 Å². The molecule has 0 saturated heterocycles. The van der Waals surface area contributed by atoms with E-state index in [2.05, 4.69) is 20.0 Å². The van der Waals surface area contributed by atoms with Crippen molar-refractivity contribution < 1.29 is 4.92 Å². The van der Waals surface area contributed by atoms with Gasteiger partial charge in [0.1, 0.15) is 12.1 Å². The average molecular weight is 216 g/mol. The van der Waals surface area contributed by atoms with Crippen molar-refractivity contribution in [1.29, 1.82) is 0 Å². The highest BCUT2D eigenvalue weighted by Crippen LogP contribution is 2.25. The van der Waals surface area contributed by atoms with Gasteiger partial charge in [-0.3, -0.25) is 10.1 Å². The third-order valence-electron chi connectivity index (χ3n) is 1.95. The van der Waals surface area contributed by atoms with Gasteiger partial charge in [-0.05, 0) is 16.7 Å². The molecule has 0 aliphatic rings. The molecular weight excluding hydrogens is 212 g/mol. The van der Waals surface area contributed by atoms with E-state index in [9.17, 15) is 10.1 Å². The molecule has 0 unspecified atom stereocenters. The van der Waals surface area contributed by atoms with Crippen LogP contribution < -0.4 is 0 Å². The monoisotopic (exact) mass is 216 g/mol. The van der Waals surface area contributed by atoms with E-state index < -0.39 is 4.92 Å². The highest BCUT2D eigenvalue weighted by Gasteiger charge is 2.09. The van der Waals surface area contributed by atoms with E-state index >= 15 is 0 Å². The van der Waals surface area contributed by atoms with Crippen LogP contribution in [0, 0.1) is 10.1 Å². The zero-order valence-electron chi connectivity index (χ0n) is 7.81. The molecule has 8 nitrogen and oxygen atoms in total. The molecule has 0 atom stereocenters. The van der Waals surface area contributed by atoms with Crippen LogP contribution in [0.5, 0.6) is 0 Å². The first-order valence-electron chi connectivity index (χ1n) is 4.16. The van der Waals surface area contributed by atoms with Crippen molar-refractivity contribution in [3.05, 3.63) is 45.1 Å². The van der Waals surface area contributed by atoms with Crippen molar-refractivity contribution in [3.63, 3.8) is 0 Å². The lowest BCUT2D eigenvalue weighted by Crippen LogP contribution is -1.89. The number of hydrogen-bond donors (Lipinski definition) is 0. The van der Waals surface area contributed by atoms with Gasteiger partial charge in [0.25, 0.3) is 5.69 Å². The summed E-state index contributed by atoms with van der Waals surface area (Å²) < 4.78 is 0. The standard InChI is InChI=1S/C8H4N6O2/c9-13-12-8-6-3-5(14(15)16)1-2-7(6)10-4-11-8/h1-4H. The van der Waals surface area contributed by atoms with Crippen LogP contribution in [0.2, 0.25) is 0 Å². The van der Waals surface area contributed by atoms with Crippen LogP contribution in [0.3, 0.4) is 0 Å². The fourth-order valence-electron chi connectivity index (χ4n) is 1.27. The smallest absolute Gasteiger partial charge is 0.258 e. The zero-order chi connectivity index (χ0) is 11.5. The molecule has 0 amide bonds. The van der Waals surface area contributed by atoms with Gasteiger partial charge in [0.2, 0.25) is 0 Å². The molecule has 2 rings (SSSR count). The number of aromatic nitrogens is 2. The molecule has 0 saturated carbocycles. The fourth-order valence-corrected chi connectivity index (χ4v) is 1.27. The van der Waals surface area contributed by atoms with Crippen molar-refractivity contribution in [2.24, 2.45) is 5.11 Å². The first-order valence-corrected chi connectivity index (χ1v) is 4.16. The summed E-state index contributed by atoms with van der Waals surface area (Å²) >= 11 is 0. The fraction of sp³-hybridized carbons (Fsp3) is 0. The number of nitro groups is 1. The van der Waals surface area contributed by atoms with Crippen molar-refractivity contribution in [2.75, 3.05) is 0 Å².